The van der Waals surface area contributed by atoms with Crippen LogP contribution in [0, 0.1) is 6.92 Å². The molecule has 2 aliphatic rings. The lowest BCUT2D eigenvalue weighted by atomic mass is 9.77. The van der Waals surface area contributed by atoms with E-state index >= 15 is 0 Å². The SMILES string of the molecule is Cc1ccc2c(c1)Oc1cc(C(C)C)ccc1C21OC(=O)c2ccccc21. The van der Waals surface area contributed by atoms with Gasteiger partial charge in [0, 0.05) is 16.7 Å². The Morgan fingerprint density at radius 3 is 2.33 bits per heavy atom. The number of benzene rings is 3. The van der Waals surface area contributed by atoms with Crippen LogP contribution >= 0.6 is 0 Å². The third kappa shape index (κ3) is 2.11. The predicted octanol–water partition coefficient (Wildman–Crippen LogP) is 5.69. The molecular weight excluding hydrogens is 336 g/mol. The van der Waals surface area contributed by atoms with Gasteiger partial charge in [0.1, 0.15) is 11.5 Å². The Kier molecular flexibility index (Phi) is 3.26. The summed E-state index contributed by atoms with van der Waals surface area (Å²) in [4.78, 5) is 12.7. The minimum absolute atomic E-state index is 0.294. The van der Waals surface area contributed by atoms with Crippen LogP contribution in [0.5, 0.6) is 11.5 Å². The van der Waals surface area contributed by atoms with E-state index in [1.807, 2.05) is 55.5 Å². The lowest BCUT2D eigenvalue weighted by Crippen LogP contribution is -2.33. The zero-order valence-corrected chi connectivity index (χ0v) is 15.6. The van der Waals surface area contributed by atoms with Crippen molar-refractivity contribution < 1.29 is 14.3 Å². The van der Waals surface area contributed by atoms with Gasteiger partial charge in [-0.25, -0.2) is 4.79 Å². The van der Waals surface area contributed by atoms with Crippen molar-refractivity contribution in [3.05, 3.63) is 94.0 Å². The van der Waals surface area contributed by atoms with E-state index in [0.717, 1.165) is 33.8 Å². The smallest absolute Gasteiger partial charge is 0.340 e. The minimum atomic E-state index is -0.959. The van der Waals surface area contributed by atoms with E-state index in [-0.39, 0.29) is 5.97 Å². The van der Waals surface area contributed by atoms with Gasteiger partial charge in [-0.3, -0.25) is 0 Å². The fourth-order valence-corrected chi connectivity index (χ4v) is 4.16. The van der Waals surface area contributed by atoms with Crippen LogP contribution in [0.3, 0.4) is 0 Å². The molecule has 0 bridgehead atoms. The third-order valence-corrected chi connectivity index (χ3v) is 5.56. The van der Waals surface area contributed by atoms with Gasteiger partial charge in [-0.2, -0.15) is 0 Å². The maximum Gasteiger partial charge on any atom is 0.340 e. The summed E-state index contributed by atoms with van der Waals surface area (Å²) >= 11 is 0. The number of rotatable bonds is 1. The van der Waals surface area contributed by atoms with Crippen LogP contribution in [-0.4, -0.2) is 5.97 Å². The van der Waals surface area contributed by atoms with Gasteiger partial charge in [-0.1, -0.05) is 56.3 Å². The van der Waals surface area contributed by atoms with E-state index in [4.69, 9.17) is 9.47 Å². The van der Waals surface area contributed by atoms with Crippen LogP contribution in [0.1, 0.15) is 57.9 Å². The standard InChI is InChI=1S/C24H20O3/c1-14(2)16-9-11-20-22(13-16)26-21-12-15(3)8-10-19(21)24(20)18-7-5-4-6-17(18)23(25)27-24/h4-14H,1-3H3. The molecule has 0 amide bonds. The number of carbonyl (C=O) groups is 1. The number of carbonyl (C=O) groups excluding carboxylic acids is 1. The Bertz CT molecular complexity index is 1100. The van der Waals surface area contributed by atoms with E-state index in [1.54, 1.807) is 0 Å². The van der Waals surface area contributed by atoms with Crippen LogP contribution in [0.15, 0.2) is 60.7 Å². The molecule has 0 saturated heterocycles. The molecule has 5 rings (SSSR count). The van der Waals surface area contributed by atoms with Crippen molar-refractivity contribution in [2.45, 2.75) is 32.3 Å². The number of esters is 1. The molecule has 134 valence electrons. The van der Waals surface area contributed by atoms with Gasteiger partial charge in [0.2, 0.25) is 0 Å². The van der Waals surface area contributed by atoms with Crippen LogP contribution in [0.4, 0.5) is 0 Å². The zero-order chi connectivity index (χ0) is 18.8. The Morgan fingerprint density at radius 1 is 0.852 bits per heavy atom. The third-order valence-electron chi connectivity index (χ3n) is 5.56. The second kappa shape index (κ2) is 5.46. The summed E-state index contributed by atoms with van der Waals surface area (Å²) < 4.78 is 12.4. The van der Waals surface area contributed by atoms with Crippen molar-refractivity contribution >= 4 is 5.97 Å². The number of hydrogen-bond acceptors (Lipinski definition) is 3. The molecule has 27 heavy (non-hydrogen) atoms. The van der Waals surface area contributed by atoms with Crippen molar-refractivity contribution in [3.8, 4) is 11.5 Å². The van der Waals surface area contributed by atoms with Gasteiger partial charge in [0.25, 0.3) is 0 Å². The second-order valence-corrected chi connectivity index (χ2v) is 7.63. The first-order valence-corrected chi connectivity index (χ1v) is 9.27. The summed E-state index contributed by atoms with van der Waals surface area (Å²) in [7, 11) is 0. The van der Waals surface area contributed by atoms with Crippen molar-refractivity contribution in [1.82, 2.24) is 0 Å². The highest BCUT2D eigenvalue weighted by Crippen LogP contribution is 2.56. The maximum atomic E-state index is 12.7. The quantitative estimate of drug-likeness (QED) is 0.526. The molecule has 2 heterocycles. The minimum Gasteiger partial charge on any atom is -0.456 e. The van der Waals surface area contributed by atoms with Crippen molar-refractivity contribution in [1.29, 1.82) is 0 Å². The molecule has 1 spiro atoms. The topological polar surface area (TPSA) is 35.5 Å². The first-order chi connectivity index (χ1) is 13.0. The monoisotopic (exact) mass is 356 g/mol. The van der Waals surface area contributed by atoms with E-state index in [0.29, 0.717) is 11.5 Å². The molecule has 3 nitrogen and oxygen atoms in total. The highest BCUT2D eigenvalue weighted by Gasteiger charge is 2.53. The first-order valence-electron chi connectivity index (χ1n) is 9.27. The highest BCUT2D eigenvalue weighted by molar-refractivity contribution is 5.97. The summed E-state index contributed by atoms with van der Waals surface area (Å²) in [6, 6.07) is 19.9. The van der Waals surface area contributed by atoms with Crippen LogP contribution in [0.25, 0.3) is 0 Å². The lowest BCUT2D eigenvalue weighted by molar-refractivity contribution is 0.0224. The Hall–Kier alpha value is -3.07. The molecule has 0 radical (unpaired) electrons. The maximum absolute atomic E-state index is 12.7. The largest absolute Gasteiger partial charge is 0.456 e. The predicted molar refractivity (Wildman–Crippen MR) is 104 cm³/mol. The average molecular weight is 356 g/mol. The van der Waals surface area contributed by atoms with Crippen molar-refractivity contribution in [2.75, 3.05) is 0 Å². The van der Waals surface area contributed by atoms with Gasteiger partial charge < -0.3 is 9.47 Å². The second-order valence-electron chi connectivity index (χ2n) is 7.63. The van der Waals surface area contributed by atoms with E-state index < -0.39 is 5.60 Å². The van der Waals surface area contributed by atoms with Gasteiger partial charge in [-0.05, 0) is 42.2 Å². The van der Waals surface area contributed by atoms with Crippen molar-refractivity contribution in [3.63, 3.8) is 0 Å². The fourth-order valence-electron chi connectivity index (χ4n) is 4.16. The summed E-state index contributed by atoms with van der Waals surface area (Å²) in [5, 5.41) is 0. The van der Waals surface area contributed by atoms with Crippen molar-refractivity contribution in [2.24, 2.45) is 0 Å². The number of aryl methyl sites for hydroxylation is 1. The normalized spacial score (nSPS) is 19.3. The molecule has 2 aliphatic heterocycles. The molecule has 1 atom stereocenters. The Labute approximate surface area is 158 Å². The van der Waals surface area contributed by atoms with Crippen LogP contribution in [-0.2, 0) is 10.3 Å². The van der Waals surface area contributed by atoms with Gasteiger partial charge >= 0.3 is 5.97 Å². The fraction of sp³-hybridized carbons (Fsp3) is 0.208. The van der Waals surface area contributed by atoms with Gasteiger partial charge in [-0.15, -0.1) is 0 Å². The molecule has 3 heteroatoms. The molecule has 3 aromatic rings. The summed E-state index contributed by atoms with van der Waals surface area (Å²) in [6.45, 7) is 6.34. The molecule has 3 aromatic carbocycles. The number of ether oxygens (including phenoxy) is 2. The summed E-state index contributed by atoms with van der Waals surface area (Å²) in [6.07, 6.45) is 0. The zero-order valence-electron chi connectivity index (χ0n) is 15.6. The molecular formula is C24H20O3. The lowest BCUT2D eigenvalue weighted by Gasteiger charge is -2.37. The van der Waals surface area contributed by atoms with E-state index in [2.05, 4.69) is 26.0 Å². The summed E-state index contributed by atoms with van der Waals surface area (Å²) in [5.41, 5.74) is 4.58. The first kappa shape index (κ1) is 16.1. The highest BCUT2D eigenvalue weighted by atomic mass is 16.6. The molecule has 0 saturated carbocycles. The van der Waals surface area contributed by atoms with E-state index in [1.165, 1.54) is 5.56 Å². The summed E-state index contributed by atoms with van der Waals surface area (Å²) in [5.74, 6) is 1.58. The molecule has 0 aliphatic carbocycles. The number of hydrogen-bond donors (Lipinski definition) is 0. The van der Waals surface area contributed by atoms with Crippen LogP contribution < -0.4 is 4.74 Å². The van der Waals surface area contributed by atoms with Crippen LogP contribution in [0.2, 0.25) is 0 Å². The van der Waals surface area contributed by atoms with E-state index in [9.17, 15) is 4.79 Å². The molecule has 0 aromatic heterocycles. The molecule has 0 N–H and O–H groups in total. The van der Waals surface area contributed by atoms with Gasteiger partial charge in [0.15, 0.2) is 5.60 Å². The molecule has 1 unspecified atom stereocenters. The van der Waals surface area contributed by atoms with Gasteiger partial charge in [0.05, 0.1) is 5.56 Å². The Morgan fingerprint density at radius 2 is 1.56 bits per heavy atom. The Balaban J connectivity index is 1.86. The molecule has 0 fully saturated rings. The average Bonchev–Trinajstić information content (AvgIpc) is 2.95. The number of fused-ring (bicyclic) bond motifs is 6.